The molecule has 2 unspecified atom stereocenters. The number of aromatic amines is 1. The molecule has 4 rings (SSSR count). The Bertz CT molecular complexity index is 1230. The van der Waals surface area contributed by atoms with Gasteiger partial charge >= 0.3 is 5.97 Å². The molecule has 9 heteroatoms. The Labute approximate surface area is 215 Å². The number of benzene rings is 2. The molecule has 0 fully saturated rings. The van der Waals surface area contributed by atoms with Crippen LogP contribution in [0, 0.1) is 18.7 Å². The third-order valence-electron chi connectivity index (χ3n) is 7.01. The van der Waals surface area contributed by atoms with E-state index in [1.807, 2.05) is 32.0 Å². The van der Waals surface area contributed by atoms with Crippen molar-refractivity contribution < 1.29 is 27.4 Å². The van der Waals surface area contributed by atoms with E-state index < -0.39 is 12.5 Å². The average molecular weight is 518 g/mol. The first-order chi connectivity index (χ1) is 17.8. The summed E-state index contributed by atoms with van der Waals surface area (Å²) in [5.74, 6) is -0.515. The Hall–Kier alpha value is -3.04. The predicted octanol–water partition coefficient (Wildman–Crippen LogP) is 5.00. The average Bonchev–Trinajstić information content (AvgIpc) is 3.26. The minimum Gasteiger partial charge on any atom is -0.492 e. The first kappa shape index (κ1) is 27.0. The molecule has 0 bridgehead atoms. The van der Waals surface area contributed by atoms with Crippen LogP contribution in [0.4, 0.5) is 13.2 Å². The highest BCUT2D eigenvalue weighted by Crippen LogP contribution is 2.42. The van der Waals surface area contributed by atoms with Crippen molar-refractivity contribution in [3.05, 3.63) is 64.6 Å². The van der Waals surface area contributed by atoms with Crippen molar-refractivity contribution in [2.24, 2.45) is 5.92 Å². The molecule has 3 aromatic rings. The van der Waals surface area contributed by atoms with Crippen molar-refractivity contribution in [3.63, 3.8) is 0 Å². The molecule has 1 aromatic heterocycles. The van der Waals surface area contributed by atoms with Crippen LogP contribution in [0.25, 0.3) is 10.9 Å². The number of halogens is 3. The highest BCUT2D eigenvalue weighted by molar-refractivity contribution is 5.85. The highest BCUT2D eigenvalue weighted by Gasteiger charge is 2.36. The minimum absolute atomic E-state index is 0.202. The monoisotopic (exact) mass is 517 g/mol. The standard InChI is InChI=1S/C28H34F3N3O3/c1-17(28(35)36-3)16-34-14-11-20-19-6-4-5-7-22(19)33-26(20)27(34)25-18(2)23(9-8-21(25)29)37-15-13-32-12-10-24(30)31/h4-9,17,24,27,32-33H,10-16H2,1-3H3. The maximum atomic E-state index is 15.6. The van der Waals surface area contributed by atoms with Crippen LogP contribution in [0.3, 0.4) is 0 Å². The number of nitrogens with zero attached hydrogens (tertiary/aromatic N) is 1. The molecule has 37 heavy (non-hydrogen) atoms. The molecule has 1 aliphatic heterocycles. The van der Waals surface area contributed by atoms with Crippen LogP contribution in [-0.4, -0.2) is 62.2 Å². The maximum absolute atomic E-state index is 15.6. The van der Waals surface area contributed by atoms with E-state index in [1.54, 1.807) is 6.07 Å². The number of hydrogen-bond donors (Lipinski definition) is 2. The van der Waals surface area contributed by atoms with Crippen LogP contribution < -0.4 is 10.1 Å². The van der Waals surface area contributed by atoms with Crippen LogP contribution >= 0.6 is 0 Å². The molecule has 2 aromatic carbocycles. The molecule has 0 aliphatic carbocycles. The molecule has 0 amide bonds. The van der Waals surface area contributed by atoms with Gasteiger partial charge in [0.05, 0.1) is 19.1 Å². The van der Waals surface area contributed by atoms with E-state index in [0.29, 0.717) is 36.5 Å². The van der Waals surface area contributed by atoms with E-state index in [1.165, 1.54) is 13.2 Å². The minimum atomic E-state index is -2.34. The number of ether oxygens (including phenoxy) is 2. The smallest absolute Gasteiger partial charge is 0.309 e. The van der Waals surface area contributed by atoms with Gasteiger partial charge in [-0.1, -0.05) is 25.1 Å². The lowest BCUT2D eigenvalue weighted by Gasteiger charge is -2.38. The van der Waals surface area contributed by atoms with Crippen LogP contribution in [0.15, 0.2) is 36.4 Å². The van der Waals surface area contributed by atoms with Crippen molar-refractivity contribution in [1.29, 1.82) is 0 Å². The Morgan fingerprint density at radius 1 is 1.22 bits per heavy atom. The Kier molecular flexibility index (Phi) is 8.76. The third kappa shape index (κ3) is 5.93. The number of nitrogens with one attached hydrogen (secondary N) is 2. The second-order valence-electron chi connectivity index (χ2n) is 9.50. The first-order valence-corrected chi connectivity index (χ1v) is 12.6. The first-order valence-electron chi connectivity index (χ1n) is 12.6. The Morgan fingerprint density at radius 2 is 2.00 bits per heavy atom. The number of fused-ring (bicyclic) bond motifs is 3. The fraction of sp³-hybridized carbons (Fsp3) is 0.464. The number of para-hydroxylation sites is 1. The number of carbonyl (C=O) groups is 1. The number of H-pyrrole nitrogens is 1. The van der Waals surface area contributed by atoms with Crippen LogP contribution in [-0.2, 0) is 16.0 Å². The van der Waals surface area contributed by atoms with Gasteiger partial charge in [-0.25, -0.2) is 13.2 Å². The fourth-order valence-electron chi connectivity index (χ4n) is 5.18. The fourth-order valence-corrected chi connectivity index (χ4v) is 5.18. The second kappa shape index (κ2) is 12.0. The molecule has 1 aliphatic rings. The molecule has 2 atom stereocenters. The van der Waals surface area contributed by atoms with Gasteiger partial charge in [-0.15, -0.1) is 0 Å². The van der Waals surface area contributed by atoms with Gasteiger partial charge in [-0.05, 0) is 42.7 Å². The Morgan fingerprint density at radius 3 is 2.76 bits per heavy atom. The number of carbonyl (C=O) groups excluding carboxylic acids is 1. The molecule has 2 heterocycles. The summed E-state index contributed by atoms with van der Waals surface area (Å²) >= 11 is 0. The molecular weight excluding hydrogens is 483 g/mol. The lowest BCUT2D eigenvalue weighted by atomic mass is 9.88. The molecule has 2 N–H and O–H groups in total. The molecular formula is C28H34F3N3O3. The zero-order valence-electron chi connectivity index (χ0n) is 21.5. The van der Waals surface area contributed by atoms with E-state index in [4.69, 9.17) is 9.47 Å². The summed E-state index contributed by atoms with van der Waals surface area (Å²) in [6.07, 6.45) is -1.79. The van der Waals surface area contributed by atoms with Crippen molar-refractivity contribution in [2.75, 3.05) is 39.9 Å². The molecule has 0 spiro atoms. The van der Waals surface area contributed by atoms with Crippen LogP contribution in [0.5, 0.6) is 5.75 Å². The Balaban J connectivity index is 1.67. The van der Waals surface area contributed by atoms with Crippen molar-refractivity contribution in [3.8, 4) is 5.75 Å². The number of methoxy groups -OCH3 is 1. The SMILES string of the molecule is COC(=O)C(C)CN1CCc2c([nH]c3ccccc23)C1c1c(F)ccc(OCCNCCC(F)F)c1C. The summed E-state index contributed by atoms with van der Waals surface area (Å²) in [6.45, 7) is 5.57. The second-order valence-corrected chi connectivity index (χ2v) is 9.50. The highest BCUT2D eigenvalue weighted by atomic mass is 19.3. The van der Waals surface area contributed by atoms with E-state index in [0.717, 1.165) is 28.6 Å². The molecule has 0 radical (unpaired) electrons. The van der Waals surface area contributed by atoms with E-state index in [2.05, 4.69) is 21.3 Å². The summed E-state index contributed by atoms with van der Waals surface area (Å²) in [7, 11) is 1.37. The third-order valence-corrected chi connectivity index (χ3v) is 7.01. The van der Waals surface area contributed by atoms with Gasteiger partial charge in [0.15, 0.2) is 0 Å². The number of hydrogen-bond acceptors (Lipinski definition) is 5. The van der Waals surface area contributed by atoms with E-state index in [-0.39, 0.29) is 37.3 Å². The van der Waals surface area contributed by atoms with Gasteiger partial charge < -0.3 is 19.8 Å². The summed E-state index contributed by atoms with van der Waals surface area (Å²) in [4.78, 5) is 17.9. The van der Waals surface area contributed by atoms with Gasteiger partial charge in [0.1, 0.15) is 18.2 Å². The summed E-state index contributed by atoms with van der Waals surface area (Å²) < 4.78 is 51.1. The maximum Gasteiger partial charge on any atom is 0.309 e. The topological polar surface area (TPSA) is 66.6 Å². The lowest BCUT2D eigenvalue weighted by molar-refractivity contribution is -0.145. The summed E-state index contributed by atoms with van der Waals surface area (Å²) in [5, 5.41) is 4.05. The van der Waals surface area contributed by atoms with Crippen molar-refractivity contribution in [1.82, 2.24) is 15.2 Å². The van der Waals surface area contributed by atoms with E-state index in [9.17, 15) is 13.6 Å². The quantitative estimate of drug-likeness (QED) is 0.277. The van der Waals surface area contributed by atoms with Gasteiger partial charge in [0, 0.05) is 54.8 Å². The number of esters is 1. The molecule has 6 nitrogen and oxygen atoms in total. The lowest BCUT2D eigenvalue weighted by Crippen LogP contribution is -2.41. The normalized spacial score (nSPS) is 16.7. The van der Waals surface area contributed by atoms with Gasteiger partial charge in [0.2, 0.25) is 6.43 Å². The number of aromatic nitrogens is 1. The van der Waals surface area contributed by atoms with Gasteiger partial charge in [0.25, 0.3) is 0 Å². The summed E-state index contributed by atoms with van der Waals surface area (Å²) in [6, 6.07) is 10.6. The van der Waals surface area contributed by atoms with Crippen LogP contribution in [0.2, 0.25) is 0 Å². The van der Waals surface area contributed by atoms with Crippen LogP contribution in [0.1, 0.15) is 41.8 Å². The van der Waals surface area contributed by atoms with Crippen molar-refractivity contribution in [2.45, 2.75) is 39.2 Å². The van der Waals surface area contributed by atoms with Crippen molar-refractivity contribution >= 4 is 16.9 Å². The number of alkyl halides is 2. The molecule has 0 saturated carbocycles. The van der Waals surface area contributed by atoms with Gasteiger partial charge in [-0.3, -0.25) is 9.69 Å². The van der Waals surface area contributed by atoms with E-state index >= 15 is 4.39 Å². The number of rotatable bonds is 11. The largest absolute Gasteiger partial charge is 0.492 e. The molecule has 200 valence electrons. The zero-order chi connectivity index (χ0) is 26.5. The van der Waals surface area contributed by atoms with Gasteiger partial charge in [-0.2, -0.15) is 0 Å². The zero-order valence-corrected chi connectivity index (χ0v) is 21.5. The predicted molar refractivity (Wildman–Crippen MR) is 137 cm³/mol. The molecule has 0 saturated heterocycles. The summed E-state index contributed by atoms with van der Waals surface area (Å²) in [5.41, 5.74) is 4.21.